The van der Waals surface area contributed by atoms with E-state index in [0.717, 1.165) is 76.5 Å². The summed E-state index contributed by atoms with van der Waals surface area (Å²) in [5.74, 6) is 3.33. The molecule has 4 nitrogen and oxygen atoms in total. The molecule has 4 rings (SSSR count). The molecule has 2 saturated heterocycles. The van der Waals surface area contributed by atoms with Crippen LogP contribution in [-0.4, -0.2) is 52.9 Å². The van der Waals surface area contributed by atoms with Gasteiger partial charge < -0.3 is 18.9 Å². The minimum atomic E-state index is 0.328. The maximum atomic E-state index is 6.14. The maximum Gasteiger partial charge on any atom is 0.0566 e. The van der Waals surface area contributed by atoms with Gasteiger partial charge in [-0.1, -0.05) is 13.8 Å². The van der Waals surface area contributed by atoms with Gasteiger partial charge in [0.05, 0.1) is 39.6 Å². The van der Waals surface area contributed by atoms with Gasteiger partial charge in [-0.2, -0.15) is 0 Å². The van der Waals surface area contributed by atoms with E-state index in [9.17, 15) is 0 Å². The van der Waals surface area contributed by atoms with Crippen molar-refractivity contribution in [3.63, 3.8) is 0 Å². The van der Waals surface area contributed by atoms with Crippen LogP contribution in [-0.2, 0) is 18.9 Å². The summed E-state index contributed by atoms with van der Waals surface area (Å²) in [6.07, 6.45) is 6.47. The Labute approximate surface area is 152 Å². The number of hydrogen-bond acceptors (Lipinski definition) is 4. The number of rotatable bonds is 10. The minimum absolute atomic E-state index is 0.328. The molecule has 4 aliphatic rings. The third-order valence-corrected chi connectivity index (χ3v) is 7.76. The molecule has 0 aromatic carbocycles. The molecule has 4 heteroatoms. The summed E-state index contributed by atoms with van der Waals surface area (Å²) in [6, 6.07) is 0. The molecule has 2 aliphatic carbocycles. The van der Waals surface area contributed by atoms with Crippen LogP contribution in [0.3, 0.4) is 0 Å². The topological polar surface area (TPSA) is 36.9 Å². The van der Waals surface area contributed by atoms with Crippen LogP contribution in [0.5, 0.6) is 0 Å². The highest BCUT2D eigenvalue weighted by Gasteiger charge is 2.46. The van der Waals surface area contributed by atoms with Crippen molar-refractivity contribution in [1.82, 2.24) is 0 Å². The van der Waals surface area contributed by atoms with Gasteiger partial charge in [0.25, 0.3) is 0 Å². The first-order valence-corrected chi connectivity index (χ1v) is 10.5. The predicted octanol–water partition coefficient (Wildman–Crippen LogP) is 3.54. The molecule has 0 aromatic heterocycles. The first-order valence-electron chi connectivity index (χ1n) is 10.5. The predicted molar refractivity (Wildman–Crippen MR) is 96.5 cm³/mol. The van der Waals surface area contributed by atoms with E-state index in [-0.39, 0.29) is 0 Å². The molecule has 2 heterocycles. The van der Waals surface area contributed by atoms with Crippen LogP contribution in [0.25, 0.3) is 0 Å². The summed E-state index contributed by atoms with van der Waals surface area (Å²) >= 11 is 0. The van der Waals surface area contributed by atoms with Crippen molar-refractivity contribution in [3.8, 4) is 0 Å². The molecule has 25 heavy (non-hydrogen) atoms. The van der Waals surface area contributed by atoms with Gasteiger partial charge in [0, 0.05) is 24.0 Å². The van der Waals surface area contributed by atoms with E-state index < -0.39 is 0 Å². The van der Waals surface area contributed by atoms with Gasteiger partial charge in [-0.3, -0.25) is 0 Å². The van der Waals surface area contributed by atoms with E-state index in [1.807, 2.05) is 0 Å². The van der Waals surface area contributed by atoms with Crippen LogP contribution in [0.1, 0.15) is 46.0 Å². The van der Waals surface area contributed by atoms with Gasteiger partial charge in [0.15, 0.2) is 0 Å². The molecule has 2 saturated carbocycles. The molecule has 2 bridgehead atoms. The molecular formula is C21H36O4. The second-order valence-corrected chi connectivity index (χ2v) is 9.47. The summed E-state index contributed by atoms with van der Waals surface area (Å²) in [4.78, 5) is 0. The molecule has 144 valence electrons. The summed E-state index contributed by atoms with van der Waals surface area (Å²) in [5.41, 5.74) is 0.656. The normalized spacial score (nSPS) is 37.7. The average molecular weight is 353 g/mol. The van der Waals surface area contributed by atoms with Crippen molar-refractivity contribution in [3.05, 3.63) is 0 Å². The lowest BCUT2D eigenvalue weighted by Gasteiger charge is -2.41. The van der Waals surface area contributed by atoms with Gasteiger partial charge in [-0.15, -0.1) is 0 Å². The first-order chi connectivity index (χ1) is 12.2. The molecule has 0 spiro atoms. The van der Waals surface area contributed by atoms with Crippen molar-refractivity contribution in [2.24, 2.45) is 34.5 Å². The van der Waals surface area contributed by atoms with Gasteiger partial charge in [0.1, 0.15) is 0 Å². The Hall–Kier alpha value is -0.160. The number of hydrogen-bond donors (Lipinski definition) is 0. The van der Waals surface area contributed by atoms with E-state index in [1.165, 1.54) is 32.1 Å². The fraction of sp³-hybridized carbons (Fsp3) is 1.00. The molecule has 2 aliphatic heterocycles. The summed E-state index contributed by atoms with van der Waals surface area (Å²) in [5, 5.41) is 0. The van der Waals surface area contributed by atoms with Crippen LogP contribution in [0.15, 0.2) is 0 Å². The summed E-state index contributed by atoms with van der Waals surface area (Å²) < 4.78 is 23.1. The number of fused-ring (bicyclic) bond motifs is 2. The van der Waals surface area contributed by atoms with Gasteiger partial charge in [-0.25, -0.2) is 0 Å². The zero-order valence-corrected chi connectivity index (χ0v) is 16.1. The molecule has 0 radical (unpaired) electrons. The smallest absolute Gasteiger partial charge is 0.0566 e. The second-order valence-electron chi connectivity index (χ2n) is 9.47. The Bertz CT molecular complexity index is 392. The quantitative estimate of drug-likeness (QED) is 0.603. The summed E-state index contributed by atoms with van der Waals surface area (Å²) in [6.45, 7) is 11.8. The van der Waals surface area contributed by atoms with Crippen molar-refractivity contribution >= 4 is 0 Å². The molecular weight excluding hydrogens is 316 g/mol. The average Bonchev–Trinajstić information content (AvgIpc) is 3.12. The van der Waals surface area contributed by atoms with Crippen molar-refractivity contribution < 1.29 is 18.9 Å². The minimum Gasteiger partial charge on any atom is -0.380 e. The third-order valence-electron chi connectivity index (χ3n) is 7.76. The highest BCUT2D eigenvalue weighted by Crippen LogP contribution is 2.52. The maximum absolute atomic E-state index is 6.14. The van der Waals surface area contributed by atoms with Crippen LogP contribution in [0.4, 0.5) is 0 Å². The van der Waals surface area contributed by atoms with Crippen molar-refractivity contribution in [2.45, 2.75) is 46.0 Å². The van der Waals surface area contributed by atoms with Crippen LogP contribution in [0, 0.1) is 34.5 Å². The fourth-order valence-electron chi connectivity index (χ4n) is 5.34. The Morgan fingerprint density at radius 2 is 1.16 bits per heavy atom. The lowest BCUT2D eigenvalue weighted by molar-refractivity contribution is -0.156. The first kappa shape index (κ1) is 18.2. The van der Waals surface area contributed by atoms with Crippen molar-refractivity contribution in [1.29, 1.82) is 0 Å². The Morgan fingerprint density at radius 1 is 0.720 bits per heavy atom. The SMILES string of the molecule is CCC1(COCC2CC3CC2CC3COCC2(CC)COC2)COC1. The molecule has 4 atom stereocenters. The van der Waals surface area contributed by atoms with Crippen molar-refractivity contribution in [2.75, 3.05) is 52.9 Å². The molecule has 4 unspecified atom stereocenters. The fourth-order valence-corrected chi connectivity index (χ4v) is 5.34. The molecule has 0 N–H and O–H groups in total. The van der Waals surface area contributed by atoms with Gasteiger partial charge >= 0.3 is 0 Å². The Morgan fingerprint density at radius 3 is 1.44 bits per heavy atom. The highest BCUT2D eigenvalue weighted by molar-refractivity contribution is 4.95. The van der Waals surface area contributed by atoms with Gasteiger partial charge in [0.2, 0.25) is 0 Å². The zero-order chi connectivity index (χ0) is 17.3. The zero-order valence-electron chi connectivity index (χ0n) is 16.1. The lowest BCUT2D eigenvalue weighted by atomic mass is 9.82. The Kier molecular flexibility index (Phi) is 5.43. The summed E-state index contributed by atoms with van der Waals surface area (Å²) in [7, 11) is 0. The van der Waals surface area contributed by atoms with E-state index in [0.29, 0.717) is 10.8 Å². The van der Waals surface area contributed by atoms with E-state index >= 15 is 0 Å². The third kappa shape index (κ3) is 3.65. The van der Waals surface area contributed by atoms with E-state index in [4.69, 9.17) is 18.9 Å². The van der Waals surface area contributed by atoms with E-state index in [2.05, 4.69) is 13.8 Å². The monoisotopic (exact) mass is 352 g/mol. The number of ether oxygens (including phenoxy) is 4. The van der Waals surface area contributed by atoms with Gasteiger partial charge in [-0.05, 0) is 55.8 Å². The highest BCUT2D eigenvalue weighted by atomic mass is 16.5. The lowest BCUT2D eigenvalue weighted by Crippen LogP contribution is -2.46. The van der Waals surface area contributed by atoms with Crippen LogP contribution < -0.4 is 0 Å². The van der Waals surface area contributed by atoms with Crippen LogP contribution in [0.2, 0.25) is 0 Å². The van der Waals surface area contributed by atoms with E-state index in [1.54, 1.807) is 0 Å². The van der Waals surface area contributed by atoms with Crippen LogP contribution >= 0.6 is 0 Å². The molecule has 0 amide bonds. The standard InChI is InChI=1S/C21H36O4/c1-3-20(12-24-13-20)10-22-8-18-6-17-5-16(18)7-19(17)9-23-11-21(4-2)14-25-15-21/h16-19H,3-15H2,1-2H3. The molecule has 4 fully saturated rings. The Balaban J connectivity index is 1.14. The second kappa shape index (κ2) is 7.46. The molecule has 0 aromatic rings. The largest absolute Gasteiger partial charge is 0.380 e.